The minimum Gasteiger partial charge on any atom is -0.479 e. The SMILES string of the molecule is Cc1ccc(C#N)cc1NC(=O)NCCC(O)C(=O)O. The molecule has 0 radical (unpaired) electrons. The maximum Gasteiger partial charge on any atom is 0.332 e. The van der Waals surface area contributed by atoms with E-state index in [0.29, 0.717) is 11.3 Å². The number of nitrogens with zero attached hydrogens (tertiary/aromatic N) is 1. The lowest BCUT2D eigenvalue weighted by atomic mass is 10.1. The predicted octanol–water partition coefficient (Wildman–Crippen LogP) is 0.824. The van der Waals surface area contributed by atoms with Crippen molar-refractivity contribution in [1.29, 1.82) is 5.26 Å². The van der Waals surface area contributed by atoms with Crippen LogP contribution in [0.25, 0.3) is 0 Å². The number of aliphatic carboxylic acids is 1. The Morgan fingerprint density at radius 1 is 1.45 bits per heavy atom. The van der Waals surface area contributed by atoms with Crippen molar-refractivity contribution < 1.29 is 19.8 Å². The van der Waals surface area contributed by atoms with E-state index in [4.69, 9.17) is 15.5 Å². The standard InChI is InChI=1S/C13H15N3O4/c1-8-2-3-9(7-14)6-10(8)16-13(20)15-5-4-11(17)12(18)19/h2-3,6,11,17H,4-5H2,1H3,(H,18,19)(H2,15,16,20). The Hall–Kier alpha value is -2.59. The number of urea groups is 1. The summed E-state index contributed by atoms with van der Waals surface area (Å²) in [5.41, 5.74) is 1.72. The van der Waals surface area contributed by atoms with Crippen LogP contribution in [-0.4, -0.2) is 34.9 Å². The molecule has 20 heavy (non-hydrogen) atoms. The Balaban J connectivity index is 2.51. The summed E-state index contributed by atoms with van der Waals surface area (Å²) in [4.78, 5) is 22.0. The molecular formula is C13H15N3O4. The second-order valence-corrected chi connectivity index (χ2v) is 4.17. The minimum absolute atomic E-state index is 0.0241. The second kappa shape index (κ2) is 7.11. The Bertz CT molecular complexity index is 551. The van der Waals surface area contributed by atoms with Crippen molar-refractivity contribution in [3.63, 3.8) is 0 Å². The number of benzene rings is 1. The van der Waals surface area contributed by atoms with Crippen molar-refractivity contribution in [2.45, 2.75) is 19.4 Å². The molecular weight excluding hydrogens is 262 g/mol. The molecule has 1 rings (SSSR count). The van der Waals surface area contributed by atoms with Crippen LogP contribution >= 0.6 is 0 Å². The normalized spacial score (nSPS) is 11.2. The van der Waals surface area contributed by atoms with Gasteiger partial charge < -0.3 is 20.8 Å². The lowest BCUT2D eigenvalue weighted by Gasteiger charge is -2.11. The molecule has 1 aromatic rings. The van der Waals surface area contributed by atoms with Gasteiger partial charge in [0.25, 0.3) is 0 Å². The number of nitrogens with one attached hydrogen (secondary N) is 2. The lowest BCUT2D eigenvalue weighted by molar-refractivity contribution is -0.146. The fourth-order valence-electron chi connectivity index (χ4n) is 1.44. The maximum atomic E-state index is 11.6. The molecule has 0 saturated carbocycles. The number of rotatable bonds is 5. The smallest absolute Gasteiger partial charge is 0.332 e. The molecule has 0 spiro atoms. The van der Waals surface area contributed by atoms with E-state index in [1.54, 1.807) is 25.1 Å². The van der Waals surface area contributed by atoms with Crippen LogP contribution in [0.2, 0.25) is 0 Å². The third-order valence-electron chi connectivity index (χ3n) is 2.60. The Kier molecular flexibility index (Phi) is 5.50. The van der Waals surface area contributed by atoms with Crippen LogP contribution in [0.1, 0.15) is 17.5 Å². The van der Waals surface area contributed by atoms with E-state index in [1.807, 2.05) is 6.07 Å². The van der Waals surface area contributed by atoms with E-state index < -0.39 is 18.1 Å². The minimum atomic E-state index is -1.50. The fraction of sp³-hybridized carbons (Fsp3) is 0.308. The van der Waals surface area contributed by atoms with Gasteiger partial charge in [0.05, 0.1) is 11.6 Å². The molecule has 0 bridgehead atoms. The molecule has 106 valence electrons. The number of hydrogen-bond acceptors (Lipinski definition) is 4. The first-order valence-electron chi connectivity index (χ1n) is 5.90. The second-order valence-electron chi connectivity index (χ2n) is 4.17. The molecule has 0 fully saturated rings. The molecule has 0 heterocycles. The molecule has 7 nitrogen and oxygen atoms in total. The fourth-order valence-corrected chi connectivity index (χ4v) is 1.44. The van der Waals surface area contributed by atoms with Crippen LogP contribution in [0.5, 0.6) is 0 Å². The zero-order valence-electron chi connectivity index (χ0n) is 10.9. The van der Waals surface area contributed by atoms with Gasteiger partial charge >= 0.3 is 12.0 Å². The highest BCUT2D eigenvalue weighted by Crippen LogP contribution is 2.16. The van der Waals surface area contributed by atoms with Crippen molar-refractivity contribution in [2.24, 2.45) is 0 Å². The Morgan fingerprint density at radius 3 is 2.75 bits per heavy atom. The van der Waals surface area contributed by atoms with Crippen molar-refractivity contribution in [3.05, 3.63) is 29.3 Å². The topological polar surface area (TPSA) is 122 Å². The number of amides is 2. The number of hydrogen-bond donors (Lipinski definition) is 4. The van der Waals surface area contributed by atoms with E-state index in [2.05, 4.69) is 10.6 Å². The number of carboxylic acids is 1. The number of carboxylic acid groups (broad SMARTS) is 1. The zero-order chi connectivity index (χ0) is 15.1. The van der Waals surface area contributed by atoms with Gasteiger partial charge in [-0.25, -0.2) is 9.59 Å². The number of carbonyl (C=O) groups is 2. The first-order valence-corrected chi connectivity index (χ1v) is 5.90. The summed E-state index contributed by atoms with van der Waals surface area (Å²) in [5.74, 6) is -1.33. The molecule has 0 aromatic heterocycles. The highest BCUT2D eigenvalue weighted by molar-refractivity contribution is 5.90. The van der Waals surface area contributed by atoms with Crippen molar-refractivity contribution in [2.75, 3.05) is 11.9 Å². The summed E-state index contributed by atoms with van der Waals surface area (Å²) in [7, 11) is 0. The van der Waals surface area contributed by atoms with Crippen LogP contribution in [0.4, 0.5) is 10.5 Å². The largest absolute Gasteiger partial charge is 0.479 e. The van der Waals surface area contributed by atoms with Crippen LogP contribution in [-0.2, 0) is 4.79 Å². The highest BCUT2D eigenvalue weighted by Gasteiger charge is 2.13. The third-order valence-corrected chi connectivity index (χ3v) is 2.60. The van der Waals surface area contributed by atoms with Gasteiger partial charge in [0, 0.05) is 18.7 Å². The zero-order valence-corrected chi connectivity index (χ0v) is 10.9. The average Bonchev–Trinajstić information content (AvgIpc) is 2.41. The summed E-state index contributed by atoms with van der Waals surface area (Å²) >= 11 is 0. The first kappa shape index (κ1) is 15.5. The molecule has 0 saturated heterocycles. The Labute approximate surface area is 115 Å². The van der Waals surface area contributed by atoms with Crippen molar-refractivity contribution in [3.8, 4) is 6.07 Å². The lowest BCUT2D eigenvalue weighted by Crippen LogP contribution is -2.33. The van der Waals surface area contributed by atoms with Gasteiger partial charge in [0.1, 0.15) is 0 Å². The molecule has 1 aromatic carbocycles. The summed E-state index contributed by atoms with van der Waals surface area (Å²) in [6, 6.07) is 6.34. The third kappa shape index (κ3) is 4.59. The van der Waals surface area contributed by atoms with Crippen LogP contribution in [0.3, 0.4) is 0 Å². The summed E-state index contributed by atoms with van der Waals surface area (Å²) in [6.45, 7) is 1.81. The Morgan fingerprint density at radius 2 is 2.15 bits per heavy atom. The van der Waals surface area contributed by atoms with Gasteiger partial charge in [-0.05, 0) is 24.6 Å². The molecule has 2 amide bonds. The number of aliphatic hydroxyl groups is 1. The number of anilines is 1. The highest BCUT2D eigenvalue weighted by atomic mass is 16.4. The number of nitriles is 1. The maximum absolute atomic E-state index is 11.6. The molecule has 0 aliphatic carbocycles. The number of carbonyl (C=O) groups excluding carboxylic acids is 1. The van der Waals surface area contributed by atoms with Gasteiger partial charge in [-0.1, -0.05) is 6.07 Å². The quantitative estimate of drug-likeness (QED) is 0.634. The van der Waals surface area contributed by atoms with Crippen molar-refractivity contribution in [1.82, 2.24) is 5.32 Å². The van der Waals surface area contributed by atoms with Crippen molar-refractivity contribution >= 4 is 17.7 Å². The molecule has 0 aliphatic heterocycles. The first-order chi connectivity index (χ1) is 9.43. The van der Waals surface area contributed by atoms with Gasteiger partial charge in [0.15, 0.2) is 6.10 Å². The van der Waals surface area contributed by atoms with E-state index in [0.717, 1.165) is 5.56 Å². The molecule has 4 N–H and O–H groups in total. The molecule has 0 aliphatic rings. The van der Waals surface area contributed by atoms with Gasteiger partial charge in [0.2, 0.25) is 0 Å². The van der Waals surface area contributed by atoms with Gasteiger partial charge in [-0.15, -0.1) is 0 Å². The van der Waals surface area contributed by atoms with E-state index in [9.17, 15) is 9.59 Å². The molecule has 1 unspecified atom stereocenters. The predicted molar refractivity (Wildman–Crippen MR) is 71.2 cm³/mol. The molecule has 7 heteroatoms. The summed E-state index contributed by atoms with van der Waals surface area (Å²) in [6.07, 6.45) is -1.58. The van der Waals surface area contributed by atoms with E-state index in [-0.39, 0.29) is 13.0 Å². The number of aliphatic hydroxyl groups excluding tert-OH is 1. The van der Waals surface area contributed by atoms with Crippen LogP contribution in [0, 0.1) is 18.3 Å². The van der Waals surface area contributed by atoms with Gasteiger partial charge in [-0.3, -0.25) is 0 Å². The molecule has 1 atom stereocenters. The van der Waals surface area contributed by atoms with E-state index >= 15 is 0 Å². The monoisotopic (exact) mass is 277 g/mol. The van der Waals surface area contributed by atoms with E-state index in [1.165, 1.54) is 0 Å². The number of aryl methyl sites for hydroxylation is 1. The average molecular weight is 277 g/mol. The van der Waals surface area contributed by atoms with Crippen LogP contribution in [0.15, 0.2) is 18.2 Å². The van der Waals surface area contributed by atoms with Crippen LogP contribution < -0.4 is 10.6 Å². The van der Waals surface area contributed by atoms with Gasteiger partial charge in [-0.2, -0.15) is 5.26 Å². The summed E-state index contributed by atoms with van der Waals surface area (Å²) in [5, 5.41) is 31.3. The summed E-state index contributed by atoms with van der Waals surface area (Å²) < 4.78 is 0.